The first-order chi connectivity index (χ1) is 31.5. The van der Waals surface area contributed by atoms with Gasteiger partial charge in [0.05, 0.1) is 11.4 Å². The predicted molar refractivity (Wildman–Crippen MR) is 267 cm³/mol. The molecule has 0 saturated carbocycles. The van der Waals surface area contributed by atoms with Gasteiger partial charge in [0.2, 0.25) is 0 Å². The third kappa shape index (κ3) is 5.60. The molecule has 12 aromatic rings. The van der Waals surface area contributed by atoms with Gasteiger partial charge in [0, 0.05) is 32.9 Å². The van der Waals surface area contributed by atoms with Crippen LogP contribution in [0.25, 0.3) is 122 Å². The van der Waals surface area contributed by atoms with E-state index in [1.165, 1.54) is 54.7 Å². The molecule has 0 bridgehead atoms. The summed E-state index contributed by atoms with van der Waals surface area (Å²) in [4.78, 5) is 10.7. The highest BCUT2D eigenvalue weighted by molar-refractivity contribution is 6.16. The fraction of sp³-hybridized carbons (Fsp3) is 0.0492. The molecule has 0 spiro atoms. The van der Waals surface area contributed by atoms with Crippen LogP contribution in [0.5, 0.6) is 0 Å². The fourth-order valence-corrected chi connectivity index (χ4v) is 10.5. The molecule has 0 aliphatic heterocycles. The molecule has 3 nitrogen and oxygen atoms in total. The molecule has 0 amide bonds. The predicted octanol–water partition coefficient (Wildman–Crippen LogP) is 16.5. The van der Waals surface area contributed by atoms with Gasteiger partial charge >= 0.3 is 0 Å². The van der Waals surface area contributed by atoms with E-state index in [0.717, 1.165) is 72.1 Å². The van der Waals surface area contributed by atoms with Crippen molar-refractivity contribution in [1.82, 2.24) is 9.97 Å². The van der Waals surface area contributed by atoms with Crippen molar-refractivity contribution in [2.24, 2.45) is 0 Å². The van der Waals surface area contributed by atoms with Crippen molar-refractivity contribution < 1.29 is 4.42 Å². The van der Waals surface area contributed by atoms with E-state index in [1.807, 2.05) is 6.07 Å². The van der Waals surface area contributed by atoms with Gasteiger partial charge in [0.25, 0.3) is 0 Å². The molecule has 0 N–H and O–H groups in total. The summed E-state index contributed by atoms with van der Waals surface area (Å²) in [7, 11) is 0. The second-order valence-electron chi connectivity index (χ2n) is 17.7. The Bertz CT molecular complexity index is 3880. The zero-order valence-corrected chi connectivity index (χ0v) is 35.4. The van der Waals surface area contributed by atoms with Crippen LogP contribution in [0.4, 0.5) is 0 Å². The number of hydrogen-bond acceptors (Lipinski definition) is 3. The van der Waals surface area contributed by atoms with Crippen LogP contribution in [0.15, 0.2) is 211 Å². The monoisotopic (exact) mass is 816 g/mol. The van der Waals surface area contributed by atoms with Crippen LogP contribution in [0.1, 0.15) is 25.0 Å². The summed E-state index contributed by atoms with van der Waals surface area (Å²) in [5, 5.41) is 9.46. The van der Waals surface area contributed by atoms with Gasteiger partial charge in [0.1, 0.15) is 11.2 Å². The Morgan fingerprint density at radius 2 is 0.938 bits per heavy atom. The maximum Gasteiger partial charge on any atom is 0.160 e. The van der Waals surface area contributed by atoms with Crippen LogP contribution in [0.2, 0.25) is 0 Å². The van der Waals surface area contributed by atoms with Crippen LogP contribution >= 0.6 is 0 Å². The topological polar surface area (TPSA) is 38.9 Å². The Labute approximate surface area is 371 Å². The molecule has 64 heavy (non-hydrogen) atoms. The minimum atomic E-state index is -0.167. The summed E-state index contributed by atoms with van der Waals surface area (Å²) in [6, 6.07) is 74.3. The standard InChI is InChI=1S/C61H40N2O/c1-61(2)52-27-13-26-49(58(52)50-32-38-17-6-8-19-40(38)34-53(50)61)55-36-54(62-60(63-55)37-15-4-3-5-16-37)48-30-29-44(46-23-10-11-24-47(46)48)42-21-12-22-43(31-42)45-25-14-28-56-59(45)51-33-39-18-7-9-20-41(39)35-57(51)64-56/h3-36H,1-2H3. The maximum atomic E-state index is 6.48. The molecule has 1 aliphatic carbocycles. The van der Waals surface area contributed by atoms with Crippen molar-refractivity contribution in [3.8, 4) is 67.3 Å². The first-order valence-electron chi connectivity index (χ1n) is 22.1. The van der Waals surface area contributed by atoms with E-state index < -0.39 is 0 Å². The second kappa shape index (κ2) is 13.9. The lowest BCUT2D eigenvalue weighted by Gasteiger charge is -2.22. The minimum Gasteiger partial charge on any atom is -0.456 e. The smallest absolute Gasteiger partial charge is 0.160 e. The number of fused-ring (bicyclic) bond motifs is 9. The van der Waals surface area contributed by atoms with Gasteiger partial charge in [0.15, 0.2) is 5.82 Å². The van der Waals surface area contributed by atoms with Crippen LogP contribution in [-0.2, 0) is 5.41 Å². The van der Waals surface area contributed by atoms with Gasteiger partial charge in [-0.05, 0) is 119 Å². The summed E-state index contributed by atoms with van der Waals surface area (Å²) < 4.78 is 6.48. The van der Waals surface area contributed by atoms with Gasteiger partial charge in [-0.15, -0.1) is 0 Å². The molecule has 1 aliphatic rings. The maximum absolute atomic E-state index is 6.48. The summed E-state index contributed by atoms with van der Waals surface area (Å²) in [6.45, 7) is 4.70. The molecule has 0 saturated heterocycles. The Morgan fingerprint density at radius 1 is 0.359 bits per heavy atom. The molecule has 3 heteroatoms. The van der Waals surface area contributed by atoms with Gasteiger partial charge in [-0.3, -0.25) is 0 Å². The lowest BCUT2D eigenvalue weighted by atomic mass is 9.81. The number of benzene rings is 10. The molecule has 0 fully saturated rings. The van der Waals surface area contributed by atoms with E-state index in [9.17, 15) is 0 Å². The minimum absolute atomic E-state index is 0.167. The van der Waals surface area contributed by atoms with E-state index in [0.29, 0.717) is 5.82 Å². The van der Waals surface area contributed by atoms with E-state index >= 15 is 0 Å². The third-order valence-corrected chi connectivity index (χ3v) is 13.6. The molecular formula is C61H40N2O. The second-order valence-corrected chi connectivity index (χ2v) is 17.7. The number of hydrogen-bond donors (Lipinski definition) is 0. The Morgan fingerprint density at radius 3 is 1.72 bits per heavy atom. The Balaban J connectivity index is 0.974. The lowest BCUT2D eigenvalue weighted by Crippen LogP contribution is -2.14. The van der Waals surface area contributed by atoms with Crippen LogP contribution in [-0.4, -0.2) is 9.97 Å². The lowest BCUT2D eigenvalue weighted by molar-refractivity contribution is 0.661. The highest BCUT2D eigenvalue weighted by Crippen LogP contribution is 2.53. The van der Waals surface area contributed by atoms with Gasteiger partial charge < -0.3 is 4.42 Å². The summed E-state index contributed by atoms with van der Waals surface area (Å²) in [5.41, 5.74) is 16.4. The SMILES string of the molecule is CC1(C)c2cc3ccccc3cc2-c2c(-c3cc(-c4ccc(-c5cccc(-c6cccc7oc8cc9ccccc9cc8c67)c5)c5ccccc45)nc(-c4ccccc4)n3)cccc21. The van der Waals surface area contributed by atoms with Crippen LogP contribution < -0.4 is 0 Å². The number of rotatable bonds is 5. The highest BCUT2D eigenvalue weighted by atomic mass is 16.3. The van der Waals surface area contributed by atoms with Crippen molar-refractivity contribution in [3.63, 3.8) is 0 Å². The molecule has 0 atom stereocenters. The summed E-state index contributed by atoms with van der Waals surface area (Å²) in [5.74, 6) is 0.705. The molecular weight excluding hydrogens is 777 g/mol. The Hall–Kier alpha value is -8.14. The zero-order valence-electron chi connectivity index (χ0n) is 35.4. The summed E-state index contributed by atoms with van der Waals surface area (Å²) >= 11 is 0. The number of nitrogens with zero attached hydrogens (tertiary/aromatic N) is 2. The molecule has 300 valence electrons. The first-order valence-corrected chi connectivity index (χ1v) is 22.1. The van der Waals surface area contributed by atoms with E-state index in [2.05, 4.69) is 214 Å². The van der Waals surface area contributed by atoms with E-state index in [1.54, 1.807) is 0 Å². The average molecular weight is 817 g/mol. The zero-order chi connectivity index (χ0) is 42.5. The van der Waals surface area contributed by atoms with Crippen LogP contribution in [0.3, 0.4) is 0 Å². The van der Waals surface area contributed by atoms with Gasteiger partial charge in [-0.1, -0.05) is 178 Å². The van der Waals surface area contributed by atoms with Crippen molar-refractivity contribution in [3.05, 3.63) is 217 Å². The number of aromatic nitrogens is 2. The fourth-order valence-electron chi connectivity index (χ4n) is 10.5. The highest BCUT2D eigenvalue weighted by Gasteiger charge is 2.37. The van der Waals surface area contributed by atoms with Gasteiger partial charge in [-0.2, -0.15) is 0 Å². The van der Waals surface area contributed by atoms with Crippen molar-refractivity contribution in [1.29, 1.82) is 0 Å². The van der Waals surface area contributed by atoms with E-state index in [-0.39, 0.29) is 5.41 Å². The molecule has 2 heterocycles. The summed E-state index contributed by atoms with van der Waals surface area (Å²) in [6.07, 6.45) is 0. The molecule has 10 aromatic carbocycles. The molecule has 0 unspecified atom stereocenters. The van der Waals surface area contributed by atoms with Crippen molar-refractivity contribution in [2.45, 2.75) is 19.3 Å². The largest absolute Gasteiger partial charge is 0.456 e. The normalized spacial score (nSPS) is 13.0. The molecule has 13 rings (SSSR count). The Kier molecular flexibility index (Phi) is 7.95. The quantitative estimate of drug-likeness (QED) is 0.174. The van der Waals surface area contributed by atoms with E-state index in [4.69, 9.17) is 14.4 Å². The average Bonchev–Trinajstić information content (AvgIpc) is 3.82. The molecule has 2 aromatic heterocycles. The number of furan rings is 1. The molecule has 0 radical (unpaired) electrons. The van der Waals surface area contributed by atoms with Gasteiger partial charge in [-0.25, -0.2) is 9.97 Å². The first kappa shape index (κ1) is 36.5. The third-order valence-electron chi connectivity index (χ3n) is 13.6. The van der Waals surface area contributed by atoms with Crippen molar-refractivity contribution >= 4 is 54.3 Å². The van der Waals surface area contributed by atoms with Crippen LogP contribution in [0, 0.1) is 0 Å². The van der Waals surface area contributed by atoms with Crippen molar-refractivity contribution in [2.75, 3.05) is 0 Å².